The Morgan fingerprint density at radius 2 is 2.00 bits per heavy atom. The highest BCUT2D eigenvalue weighted by Gasteiger charge is 2.48. The molecule has 0 aliphatic carbocycles. The Kier molecular flexibility index (Phi) is 5.57. The fraction of sp³-hybridized carbons (Fsp3) is 0.867. The van der Waals surface area contributed by atoms with Crippen molar-refractivity contribution in [1.82, 2.24) is 10.2 Å². The predicted octanol–water partition coefficient (Wildman–Crippen LogP) is 2.01. The van der Waals surface area contributed by atoms with Crippen molar-refractivity contribution in [1.29, 1.82) is 0 Å². The molecule has 1 saturated heterocycles. The van der Waals surface area contributed by atoms with Crippen molar-refractivity contribution in [3.05, 3.63) is 0 Å². The Bertz CT molecular complexity index is 363. The van der Waals surface area contributed by atoms with Crippen molar-refractivity contribution in [2.24, 2.45) is 0 Å². The zero-order chi connectivity index (χ0) is 15.4. The number of carboxylic acid groups (broad SMARTS) is 1. The maximum absolute atomic E-state index is 12.3. The molecule has 0 aromatic carbocycles. The fourth-order valence-electron chi connectivity index (χ4n) is 2.92. The molecule has 1 fully saturated rings. The number of likely N-dealkylation sites (tertiary alicyclic amines) is 1. The van der Waals surface area contributed by atoms with Gasteiger partial charge in [0.2, 0.25) is 5.91 Å². The van der Waals surface area contributed by atoms with Crippen LogP contribution in [0.2, 0.25) is 0 Å². The standard InChI is InChI=1S/C15H28N2O3/c1-5-8-15(13(19)20)9-6-11-17(15)12(18)7-10-16-14(2,3)4/h16H,5-11H2,1-4H3,(H,19,20). The van der Waals surface area contributed by atoms with Gasteiger partial charge in [0.25, 0.3) is 0 Å². The van der Waals surface area contributed by atoms with E-state index in [1.54, 1.807) is 4.90 Å². The smallest absolute Gasteiger partial charge is 0.329 e. The molecule has 1 rings (SSSR count). The Hall–Kier alpha value is -1.10. The van der Waals surface area contributed by atoms with E-state index in [0.29, 0.717) is 32.4 Å². The van der Waals surface area contributed by atoms with Gasteiger partial charge in [0, 0.05) is 25.0 Å². The van der Waals surface area contributed by atoms with Crippen molar-refractivity contribution in [3.63, 3.8) is 0 Å². The minimum Gasteiger partial charge on any atom is -0.479 e. The largest absolute Gasteiger partial charge is 0.479 e. The Morgan fingerprint density at radius 3 is 2.50 bits per heavy atom. The third-order valence-electron chi connectivity index (χ3n) is 3.85. The lowest BCUT2D eigenvalue weighted by Crippen LogP contribution is -2.53. The number of aliphatic carboxylic acids is 1. The lowest BCUT2D eigenvalue weighted by molar-refractivity contribution is -0.157. The number of carboxylic acids is 1. The lowest BCUT2D eigenvalue weighted by Gasteiger charge is -2.35. The SMILES string of the molecule is CCCC1(C(=O)O)CCCN1C(=O)CCNC(C)(C)C. The van der Waals surface area contributed by atoms with E-state index in [2.05, 4.69) is 5.32 Å². The van der Waals surface area contributed by atoms with Gasteiger partial charge in [0.15, 0.2) is 0 Å². The number of hydrogen-bond donors (Lipinski definition) is 2. The quantitative estimate of drug-likeness (QED) is 0.783. The zero-order valence-electron chi connectivity index (χ0n) is 13.2. The zero-order valence-corrected chi connectivity index (χ0v) is 13.2. The van der Waals surface area contributed by atoms with Crippen molar-refractivity contribution in [2.75, 3.05) is 13.1 Å². The fourth-order valence-corrected chi connectivity index (χ4v) is 2.92. The monoisotopic (exact) mass is 284 g/mol. The van der Waals surface area contributed by atoms with Crippen LogP contribution in [-0.2, 0) is 9.59 Å². The molecule has 1 heterocycles. The summed E-state index contributed by atoms with van der Waals surface area (Å²) in [7, 11) is 0. The Labute approximate surface area is 121 Å². The summed E-state index contributed by atoms with van der Waals surface area (Å²) >= 11 is 0. The molecule has 1 aliphatic rings. The minimum absolute atomic E-state index is 0.0292. The average molecular weight is 284 g/mol. The third kappa shape index (κ3) is 3.95. The summed E-state index contributed by atoms with van der Waals surface area (Å²) in [5.41, 5.74) is -0.994. The Balaban J connectivity index is 2.68. The van der Waals surface area contributed by atoms with Crippen molar-refractivity contribution in [2.45, 2.75) is 70.9 Å². The number of amides is 1. The molecule has 0 bridgehead atoms. The van der Waals surface area contributed by atoms with Crippen LogP contribution in [0.4, 0.5) is 0 Å². The molecule has 2 N–H and O–H groups in total. The maximum atomic E-state index is 12.3. The number of hydrogen-bond acceptors (Lipinski definition) is 3. The minimum atomic E-state index is -0.965. The molecule has 0 aromatic heterocycles. The molecule has 0 saturated carbocycles. The molecule has 1 amide bonds. The van der Waals surface area contributed by atoms with Gasteiger partial charge < -0.3 is 15.3 Å². The number of nitrogens with zero attached hydrogens (tertiary/aromatic N) is 1. The van der Waals surface area contributed by atoms with Gasteiger partial charge in [0.05, 0.1) is 0 Å². The van der Waals surface area contributed by atoms with Crippen LogP contribution >= 0.6 is 0 Å². The molecule has 20 heavy (non-hydrogen) atoms. The molecule has 1 unspecified atom stereocenters. The molecule has 0 spiro atoms. The van der Waals surface area contributed by atoms with Crippen LogP contribution < -0.4 is 5.32 Å². The first-order valence-corrected chi connectivity index (χ1v) is 7.52. The summed E-state index contributed by atoms with van der Waals surface area (Å²) in [5, 5.41) is 12.8. The first-order valence-electron chi connectivity index (χ1n) is 7.52. The summed E-state index contributed by atoms with van der Waals surface area (Å²) in [4.78, 5) is 25.6. The number of carbonyl (C=O) groups is 2. The third-order valence-corrected chi connectivity index (χ3v) is 3.85. The number of nitrogens with one attached hydrogen (secondary N) is 1. The second kappa shape index (κ2) is 6.57. The van der Waals surface area contributed by atoms with Crippen LogP contribution in [0, 0.1) is 0 Å². The number of rotatable bonds is 6. The molecule has 0 aromatic rings. The van der Waals surface area contributed by atoms with E-state index >= 15 is 0 Å². The predicted molar refractivity (Wildman–Crippen MR) is 78.6 cm³/mol. The van der Waals surface area contributed by atoms with Crippen LogP contribution in [0.1, 0.15) is 59.8 Å². The van der Waals surface area contributed by atoms with Gasteiger partial charge in [-0.3, -0.25) is 4.79 Å². The van der Waals surface area contributed by atoms with E-state index in [9.17, 15) is 14.7 Å². The average Bonchev–Trinajstić information content (AvgIpc) is 2.72. The van der Waals surface area contributed by atoms with Gasteiger partial charge in [0.1, 0.15) is 5.54 Å². The van der Waals surface area contributed by atoms with E-state index in [0.717, 1.165) is 12.8 Å². The van der Waals surface area contributed by atoms with Crippen LogP contribution in [0.3, 0.4) is 0 Å². The highest BCUT2D eigenvalue weighted by molar-refractivity contribution is 5.87. The number of carbonyl (C=O) groups excluding carboxylic acids is 1. The van der Waals surface area contributed by atoms with Gasteiger partial charge >= 0.3 is 5.97 Å². The highest BCUT2D eigenvalue weighted by Crippen LogP contribution is 2.34. The first-order chi connectivity index (χ1) is 9.23. The first kappa shape index (κ1) is 17.0. The van der Waals surface area contributed by atoms with Crippen molar-refractivity contribution >= 4 is 11.9 Å². The molecule has 1 aliphatic heterocycles. The van der Waals surface area contributed by atoms with E-state index in [1.165, 1.54) is 0 Å². The van der Waals surface area contributed by atoms with E-state index < -0.39 is 11.5 Å². The topological polar surface area (TPSA) is 69.6 Å². The molecule has 116 valence electrons. The summed E-state index contributed by atoms with van der Waals surface area (Å²) < 4.78 is 0. The molecule has 0 radical (unpaired) electrons. The normalized spacial score (nSPS) is 23.1. The van der Waals surface area contributed by atoms with Crippen LogP contribution in [0.25, 0.3) is 0 Å². The van der Waals surface area contributed by atoms with Crippen LogP contribution in [0.15, 0.2) is 0 Å². The van der Waals surface area contributed by atoms with Crippen LogP contribution in [-0.4, -0.2) is 46.1 Å². The van der Waals surface area contributed by atoms with E-state index in [4.69, 9.17) is 0 Å². The van der Waals surface area contributed by atoms with Crippen molar-refractivity contribution in [3.8, 4) is 0 Å². The summed E-state index contributed by atoms with van der Waals surface area (Å²) in [5.74, 6) is -0.899. The molecule has 1 atom stereocenters. The van der Waals surface area contributed by atoms with E-state index in [-0.39, 0.29) is 11.4 Å². The van der Waals surface area contributed by atoms with Gasteiger partial charge in [-0.05, 0) is 40.0 Å². The highest BCUT2D eigenvalue weighted by atomic mass is 16.4. The van der Waals surface area contributed by atoms with E-state index in [1.807, 2.05) is 27.7 Å². The van der Waals surface area contributed by atoms with Crippen molar-refractivity contribution < 1.29 is 14.7 Å². The molecular weight excluding hydrogens is 256 g/mol. The molecular formula is C15H28N2O3. The van der Waals surface area contributed by atoms with Gasteiger partial charge in [-0.15, -0.1) is 0 Å². The second-order valence-corrected chi connectivity index (χ2v) is 6.66. The second-order valence-electron chi connectivity index (χ2n) is 6.66. The van der Waals surface area contributed by atoms with Gasteiger partial charge in [-0.25, -0.2) is 4.79 Å². The van der Waals surface area contributed by atoms with Gasteiger partial charge in [-0.2, -0.15) is 0 Å². The summed E-state index contributed by atoms with van der Waals surface area (Å²) in [6, 6.07) is 0. The molecule has 5 heteroatoms. The lowest BCUT2D eigenvalue weighted by atomic mass is 9.90. The summed E-state index contributed by atoms with van der Waals surface area (Å²) in [6.45, 7) is 9.26. The summed E-state index contributed by atoms with van der Waals surface area (Å²) in [6.07, 6.45) is 3.03. The maximum Gasteiger partial charge on any atom is 0.329 e. The molecule has 5 nitrogen and oxygen atoms in total. The van der Waals surface area contributed by atoms with Gasteiger partial charge in [-0.1, -0.05) is 13.3 Å². The van der Waals surface area contributed by atoms with Crippen LogP contribution in [0.5, 0.6) is 0 Å². The Morgan fingerprint density at radius 1 is 1.35 bits per heavy atom.